The van der Waals surface area contributed by atoms with Crippen LogP contribution in [-0.4, -0.2) is 65.8 Å². The van der Waals surface area contributed by atoms with Gasteiger partial charge in [0, 0.05) is 25.3 Å². The molecule has 3 rings (SSSR count). The second-order valence-corrected chi connectivity index (χ2v) is 5.31. The minimum absolute atomic E-state index is 0.00116. The average molecular weight is 322 g/mol. The van der Waals surface area contributed by atoms with E-state index in [4.69, 9.17) is 14.2 Å². The molecule has 1 aromatic heterocycles. The number of aromatic nitrogens is 1. The van der Waals surface area contributed by atoms with E-state index in [0.717, 1.165) is 0 Å². The van der Waals surface area contributed by atoms with Crippen LogP contribution in [-0.2, 0) is 19.0 Å². The first-order valence-electron chi connectivity index (χ1n) is 7.26. The molecule has 0 aliphatic carbocycles. The Morgan fingerprint density at radius 3 is 3.09 bits per heavy atom. The molecule has 0 bridgehead atoms. The number of amides is 1. The highest BCUT2D eigenvalue weighted by molar-refractivity contribution is 5.87. The largest absolute Gasteiger partial charge is 0.456 e. The lowest BCUT2D eigenvalue weighted by Gasteiger charge is -2.30. The number of esters is 1. The normalized spacial score (nSPS) is 27.4. The summed E-state index contributed by atoms with van der Waals surface area (Å²) in [5.41, 5.74) is 0.998. The lowest BCUT2D eigenvalue weighted by molar-refractivity contribution is -0.154. The number of hydrogen-bond acceptors (Lipinski definition) is 6. The van der Waals surface area contributed by atoms with Gasteiger partial charge in [-0.25, -0.2) is 4.79 Å². The molecule has 2 N–H and O–H groups in total. The minimum Gasteiger partial charge on any atom is -0.456 e. The van der Waals surface area contributed by atoms with Gasteiger partial charge in [0.15, 0.2) is 6.23 Å². The summed E-state index contributed by atoms with van der Waals surface area (Å²) in [4.78, 5) is 28.1. The van der Waals surface area contributed by atoms with E-state index in [1.807, 2.05) is 0 Å². The fraction of sp³-hybridized carbons (Fsp3) is 0.467. The van der Waals surface area contributed by atoms with Gasteiger partial charge in [-0.2, -0.15) is 0 Å². The Kier molecular flexibility index (Phi) is 4.46. The molecule has 2 aliphatic heterocycles. The van der Waals surface area contributed by atoms with Crippen LogP contribution in [0, 0.1) is 0 Å². The smallest absolute Gasteiger partial charge is 0.355 e. The van der Waals surface area contributed by atoms with E-state index >= 15 is 0 Å². The molecule has 23 heavy (non-hydrogen) atoms. The van der Waals surface area contributed by atoms with Crippen molar-refractivity contribution < 1.29 is 28.9 Å². The Hall–Kier alpha value is -2.16. The second-order valence-electron chi connectivity index (χ2n) is 5.31. The van der Waals surface area contributed by atoms with Gasteiger partial charge in [0.1, 0.15) is 24.6 Å². The minimum atomic E-state index is -1.10. The third-order valence-corrected chi connectivity index (χ3v) is 3.90. The van der Waals surface area contributed by atoms with Crippen molar-refractivity contribution in [3.8, 4) is 0 Å². The number of carbonyl (C=O) groups excluding carboxylic acids is 2. The van der Waals surface area contributed by atoms with Crippen molar-refractivity contribution in [2.75, 3.05) is 20.3 Å². The quantitative estimate of drug-likeness (QED) is 0.585. The van der Waals surface area contributed by atoms with Crippen molar-refractivity contribution in [2.45, 2.75) is 25.0 Å². The Bertz CT molecular complexity index is 611. The highest BCUT2D eigenvalue weighted by Gasteiger charge is 2.45. The topological polar surface area (TPSA) is 101 Å². The number of aliphatic hydroxyl groups is 1. The maximum Gasteiger partial charge on any atom is 0.355 e. The Morgan fingerprint density at radius 2 is 2.39 bits per heavy atom. The fourth-order valence-corrected chi connectivity index (χ4v) is 2.72. The first-order chi connectivity index (χ1) is 11.1. The average Bonchev–Trinajstić information content (AvgIpc) is 3.26. The highest BCUT2D eigenvalue weighted by Crippen LogP contribution is 2.29. The standard InChI is InChI=1S/C15H18N2O6/c1-21-12-7-11(18)13(19)17(12)14-9(4-6-22-14)8-23-15(20)10-3-2-5-16-10/h2-5,11-12,14,16,18H,6-8H2,1H3/t11-,12-,14-/m1/s1. The molecule has 0 radical (unpaired) electrons. The van der Waals surface area contributed by atoms with E-state index in [9.17, 15) is 14.7 Å². The molecular formula is C15H18N2O6. The third-order valence-electron chi connectivity index (χ3n) is 3.90. The van der Waals surface area contributed by atoms with Crippen molar-refractivity contribution in [3.63, 3.8) is 0 Å². The second kappa shape index (κ2) is 6.53. The van der Waals surface area contributed by atoms with Crippen LogP contribution in [0.1, 0.15) is 16.9 Å². The van der Waals surface area contributed by atoms with E-state index in [1.54, 1.807) is 24.4 Å². The van der Waals surface area contributed by atoms with E-state index < -0.39 is 30.4 Å². The molecule has 2 aliphatic rings. The number of carbonyl (C=O) groups is 2. The van der Waals surface area contributed by atoms with E-state index in [2.05, 4.69) is 4.98 Å². The van der Waals surface area contributed by atoms with Crippen LogP contribution < -0.4 is 0 Å². The summed E-state index contributed by atoms with van der Waals surface area (Å²) >= 11 is 0. The molecule has 0 spiro atoms. The van der Waals surface area contributed by atoms with Crippen LogP contribution in [0.15, 0.2) is 30.0 Å². The van der Waals surface area contributed by atoms with Gasteiger partial charge < -0.3 is 24.3 Å². The summed E-state index contributed by atoms with van der Waals surface area (Å²) in [5.74, 6) is -0.942. The summed E-state index contributed by atoms with van der Waals surface area (Å²) in [6, 6.07) is 3.31. The SMILES string of the molecule is CO[C@@H]1C[C@@H](O)C(=O)N1[C@@H]1OCC=C1COC(=O)c1ccc[nH]1. The van der Waals surface area contributed by atoms with Crippen LogP contribution >= 0.6 is 0 Å². The maximum absolute atomic E-state index is 12.1. The van der Waals surface area contributed by atoms with Gasteiger partial charge in [-0.1, -0.05) is 6.08 Å². The zero-order valence-corrected chi connectivity index (χ0v) is 12.6. The summed E-state index contributed by atoms with van der Waals surface area (Å²) in [6.07, 6.45) is 1.21. The van der Waals surface area contributed by atoms with Gasteiger partial charge >= 0.3 is 5.97 Å². The molecule has 3 atom stereocenters. The molecule has 0 saturated carbocycles. The maximum atomic E-state index is 12.1. The van der Waals surface area contributed by atoms with Gasteiger partial charge in [0.05, 0.1) is 6.61 Å². The zero-order chi connectivity index (χ0) is 16.4. The van der Waals surface area contributed by atoms with Crippen LogP contribution in [0.4, 0.5) is 0 Å². The first-order valence-corrected chi connectivity index (χ1v) is 7.26. The van der Waals surface area contributed by atoms with Gasteiger partial charge in [0.2, 0.25) is 0 Å². The molecule has 0 unspecified atom stereocenters. The molecule has 8 heteroatoms. The number of nitrogens with zero attached hydrogens (tertiary/aromatic N) is 1. The van der Waals surface area contributed by atoms with Crippen molar-refractivity contribution in [2.24, 2.45) is 0 Å². The first kappa shape index (κ1) is 15.7. The summed E-state index contributed by atoms with van der Waals surface area (Å²) < 4.78 is 16.0. The number of aliphatic hydroxyl groups excluding tert-OH is 1. The van der Waals surface area contributed by atoms with Gasteiger partial charge in [-0.05, 0) is 12.1 Å². The Morgan fingerprint density at radius 1 is 1.57 bits per heavy atom. The molecule has 8 nitrogen and oxygen atoms in total. The lowest BCUT2D eigenvalue weighted by Crippen LogP contribution is -2.45. The lowest BCUT2D eigenvalue weighted by atomic mass is 10.2. The van der Waals surface area contributed by atoms with Crippen molar-refractivity contribution in [1.29, 1.82) is 0 Å². The summed E-state index contributed by atoms with van der Waals surface area (Å²) in [7, 11) is 1.46. The number of nitrogens with one attached hydrogen (secondary N) is 1. The van der Waals surface area contributed by atoms with Gasteiger partial charge in [0.25, 0.3) is 5.91 Å². The monoisotopic (exact) mass is 322 g/mol. The molecule has 1 fully saturated rings. The van der Waals surface area contributed by atoms with E-state index in [-0.39, 0.29) is 13.0 Å². The number of rotatable bonds is 5. The molecule has 0 aromatic carbocycles. The zero-order valence-electron chi connectivity index (χ0n) is 12.6. The molecular weight excluding hydrogens is 304 g/mol. The molecule has 3 heterocycles. The summed E-state index contributed by atoms with van der Waals surface area (Å²) in [5, 5.41) is 9.72. The summed E-state index contributed by atoms with van der Waals surface area (Å²) in [6.45, 7) is 0.301. The number of likely N-dealkylation sites (tertiary alicyclic amines) is 1. The number of ether oxygens (including phenoxy) is 3. The molecule has 1 amide bonds. The van der Waals surface area contributed by atoms with Crippen LogP contribution in [0.3, 0.4) is 0 Å². The third kappa shape index (κ3) is 3.00. The molecule has 1 aromatic rings. The van der Waals surface area contributed by atoms with E-state index in [0.29, 0.717) is 17.9 Å². The Labute approximate surface area is 132 Å². The van der Waals surface area contributed by atoms with Crippen molar-refractivity contribution >= 4 is 11.9 Å². The molecule has 124 valence electrons. The van der Waals surface area contributed by atoms with E-state index in [1.165, 1.54) is 12.0 Å². The molecule has 1 saturated heterocycles. The Balaban J connectivity index is 1.66. The number of hydrogen-bond donors (Lipinski definition) is 2. The van der Waals surface area contributed by atoms with Crippen LogP contribution in [0.2, 0.25) is 0 Å². The predicted molar refractivity (Wildman–Crippen MR) is 77.2 cm³/mol. The number of methoxy groups -OCH3 is 1. The van der Waals surface area contributed by atoms with Crippen molar-refractivity contribution in [1.82, 2.24) is 9.88 Å². The van der Waals surface area contributed by atoms with Gasteiger partial charge in [-0.3, -0.25) is 9.69 Å². The van der Waals surface area contributed by atoms with Gasteiger partial charge in [-0.15, -0.1) is 0 Å². The number of aromatic amines is 1. The van der Waals surface area contributed by atoms with Crippen molar-refractivity contribution in [3.05, 3.63) is 35.7 Å². The number of H-pyrrole nitrogens is 1. The van der Waals surface area contributed by atoms with Crippen LogP contribution in [0.25, 0.3) is 0 Å². The highest BCUT2D eigenvalue weighted by atomic mass is 16.5. The predicted octanol–water partition coefficient (Wildman–Crippen LogP) is 0.0199. The van der Waals surface area contributed by atoms with Crippen LogP contribution in [0.5, 0.6) is 0 Å². The fourth-order valence-electron chi connectivity index (χ4n) is 2.72.